The first kappa shape index (κ1) is 13.8. The van der Waals surface area contributed by atoms with Gasteiger partial charge >= 0.3 is 5.97 Å². The summed E-state index contributed by atoms with van der Waals surface area (Å²) in [7, 11) is 1.78. The van der Waals surface area contributed by atoms with Gasteiger partial charge in [0.25, 0.3) is 0 Å². The minimum Gasteiger partial charge on any atom is -0.462 e. The highest BCUT2D eigenvalue weighted by atomic mass is 16.5. The Kier molecular flexibility index (Phi) is 4.14. The van der Waals surface area contributed by atoms with Gasteiger partial charge in [0, 0.05) is 7.05 Å². The molecule has 2 rings (SSSR count). The van der Waals surface area contributed by atoms with Crippen molar-refractivity contribution in [1.29, 1.82) is 0 Å². The highest BCUT2D eigenvalue weighted by Gasteiger charge is 2.14. The number of pyridine rings is 1. The number of nitrogens with two attached hydrogens (primary N) is 1. The molecule has 8 nitrogen and oxygen atoms in total. The number of carbonyl (C=O) groups is 1. The number of anilines is 2. The molecule has 0 saturated carbocycles. The molecule has 106 valence electrons. The molecule has 2 aromatic rings. The number of nitrogens with one attached hydrogen (secondary N) is 1. The summed E-state index contributed by atoms with van der Waals surface area (Å²) in [5.41, 5.74) is 6.34. The van der Waals surface area contributed by atoms with Gasteiger partial charge in [0.2, 0.25) is 0 Å². The Hall–Kier alpha value is -2.64. The summed E-state index contributed by atoms with van der Waals surface area (Å²) >= 11 is 0. The monoisotopic (exact) mass is 276 g/mol. The van der Waals surface area contributed by atoms with Crippen molar-refractivity contribution in [3.05, 3.63) is 30.0 Å². The molecule has 2 aromatic heterocycles. The van der Waals surface area contributed by atoms with Crippen LogP contribution in [-0.4, -0.2) is 32.3 Å². The zero-order valence-electron chi connectivity index (χ0n) is 11.3. The standard InChI is InChI=1S/C12H16N6O2/c1-3-20-12(19)9-4-8(13)5-14-11(9)15-6-10-16-7-18(2)17-10/h4-5,7H,3,6,13H2,1-2H3,(H,14,15). The van der Waals surface area contributed by atoms with Crippen LogP contribution in [0.5, 0.6) is 0 Å². The number of aromatic nitrogens is 4. The minimum absolute atomic E-state index is 0.287. The second kappa shape index (κ2) is 6.00. The van der Waals surface area contributed by atoms with Crippen LogP contribution in [0.4, 0.5) is 11.5 Å². The van der Waals surface area contributed by atoms with Gasteiger partial charge in [-0.15, -0.1) is 0 Å². The second-order valence-corrected chi connectivity index (χ2v) is 4.07. The maximum Gasteiger partial charge on any atom is 0.341 e. The molecule has 0 aliphatic carbocycles. The summed E-state index contributed by atoms with van der Waals surface area (Å²) in [6, 6.07) is 1.53. The summed E-state index contributed by atoms with van der Waals surface area (Å²) < 4.78 is 6.57. The van der Waals surface area contributed by atoms with E-state index in [4.69, 9.17) is 10.5 Å². The third-order valence-electron chi connectivity index (χ3n) is 2.47. The van der Waals surface area contributed by atoms with Crippen LogP contribution >= 0.6 is 0 Å². The molecule has 2 heterocycles. The first-order valence-corrected chi connectivity index (χ1v) is 6.11. The minimum atomic E-state index is -0.469. The Labute approximate surface area is 116 Å². The Bertz CT molecular complexity index is 610. The van der Waals surface area contributed by atoms with E-state index in [1.807, 2.05) is 0 Å². The molecule has 20 heavy (non-hydrogen) atoms. The number of hydrogen-bond acceptors (Lipinski definition) is 7. The van der Waals surface area contributed by atoms with Crippen molar-refractivity contribution in [1.82, 2.24) is 19.7 Å². The molecule has 0 spiro atoms. The average Bonchev–Trinajstić information content (AvgIpc) is 2.83. The lowest BCUT2D eigenvalue weighted by atomic mass is 10.2. The van der Waals surface area contributed by atoms with Gasteiger partial charge in [0.15, 0.2) is 5.82 Å². The van der Waals surface area contributed by atoms with Gasteiger partial charge in [0.05, 0.1) is 25.0 Å². The van der Waals surface area contributed by atoms with Gasteiger partial charge < -0.3 is 15.8 Å². The molecular weight excluding hydrogens is 260 g/mol. The van der Waals surface area contributed by atoms with Crippen LogP contribution < -0.4 is 11.1 Å². The van der Waals surface area contributed by atoms with Gasteiger partial charge in [-0.1, -0.05) is 0 Å². The van der Waals surface area contributed by atoms with Crippen molar-refractivity contribution in [2.75, 3.05) is 17.7 Å². The largest absolute Gasteiger partial charge is 0.462 e. The number of ether oxygens (including phenoxy) is 1. The molecule has 0 radical (unpaired) electrons. The van der Waals surface area contributed by atoms with E-state index in [-0.39, 0.29) is 6.61 Å². The van der Waals surface area contributed by atoms with Gasteiger partial charge in [-0.3, -0.25) is 4.68 Å². The summed E-state index contributed by atoms with van der Waals surface area (Å²) in [6.07, 6.45) is 3.07. The van der Waals surface area contributed by atoms with Crippen molar-refractivity contribution < 1.29 is 9.53 Å². The first-order valence-electron chi connectivity index (χ1n) is 6.11. The molecule has 8 heteroatoms. The molecule has 0 unspecified atom stereocenters. The van der Waals surface area contributed by atoms with Crippen molar-refractivity contribution in [2.24, 2.45) is 7.05 Å². The SMILES string of the molecule is CCOC(=O)c1cc(N)cnc1NCc1ncn(C)n1. The molecule has 0 aliphatic rings. The van der Waals surface area contributed by atoms with E-state index in [0.717, 1.165) is 0 Å². The van der Waals surface area contributed by atoms with Crippen molar-refractivity contribution in [3.8, 4) is 0 Å². The van der Waals surface area contributed by atoms with E-state index in [2.05, 4.69) is 20.4 Å². The van der Waals surface area contributed by atoms with Gasteiger partial charge in [0.1, 0.15) is 17.7 Å². The Morgan fingerprint density at radius 3 is 2.95 bits per heavy atom. The predicted molar refractivity (Wildman–Crippen MR) is 72.9 cm³/mol. The lowest BCUT2D eigenvalue weighted by Gasteiger charge is -2.09. The smallest absolute Gasteiger partial charge is 0.341 e. The van der Waals surface area contributed by atoms with Gasteiger partial charge in [-0.2, -0.15) is 5.10 Å². The quantitative estimate of drug-likeness (QED) is 0.769. The van der Waals surface area contributed by atoms with Gasteiger partial charge in [-0.25, -0.2) is 14.8 Å². The number of esters is 1. The first-order chi connectivity index (χ1) is 9.60. The number of nitrogens with zero attached hydrogens (tertiary/aromatic N) is 4. The van der Waals surface area contributed by atoms with E-state index in [0.29, 0.717) is 29.4 Å². The Morgan fingerprint density at radius 2 is 2.30 bits per heavy atom. The van der Waals surface area contributed by atoms with Crippen molar-refractivity contribution in [3.63, 3.8) is 0 Å². The number of rotatable bonds is 5. The topological polar surface area (TPSA) is 108 Å². The van der Waals surface area contributed by atoms with Crippen molar-refractivity contribution in [2.45, 2.75) is 13.5 Å². The fourth-order valence-electron chi connectivity index (χ4n) is 1.61. The van der Waals surface area contributed by atoms with Gasteiger partial charge in [-0.05, 0) is 13.0 Å². The molecule has 3 N–H and O–H groups in total. The molecular formula is C12H16N6O2. The van der Waals surface area contributed by atoms with Crippen LogP contribution in [-0.2, 0) is 18.3 Å². The summed E-state index contributed by atoms with van der Waals surface area (Å²) in [4.78, 5) is 20.0. The van der Waals surface area contributed by atoms with E-state index in [1.54, 1.807) is 25.0 Å². The summed E-state index contributed by atoms with van der Waals surface area (Å²) in [5.74, 6) is 0.523. The van der Waals surface area contributed by atoms with E-state index >= 15 is 0 Å². The van der Waals surface area contributed by atoms with Crippen LogP contribution in [0.15, 0.2) is 18.6 Å². The van der Waals surface area contributed by atoms with Crippen LogP contribution in [0, 0.1) is 0 Å². The normalized spacial score (nSPS) is 10.3. The number of hydrogen-bond donors (Lipinski definition) is 2. The lowest BCUT2D eigenvalue weighted by molar-refractivity contribution is 0.0527. The Morgan fingerprint density at radius 1 is 1.50 bits per heavy atom. The number of nitrogen functional groups attached to an aromatic ring is 1. The zero-order valence-corrected chi connectivity index (χ0v) is 11.3. The molecule has 0 fully saturated rings. The highest BCUT2D eigenvalue weighted by Crippen LogP contribution is 2.17. The zero-order chi connectivity index (χ0) is 14.5. The third kappa shape index (κ3) is 3.22. The van der Waals surface area contributed by atoms with Crippen LogP contribution in [0.3, 0.4) is 0 Å². The fourth-order valence-corrected chi connectivity index (χ4v) is 1.61. The summed E-state index contributed by atoms with van der Waals surface area (Å²) in [5, 5.41) is 7.13. The van der Waals surface area contributed by atoms with Crippen LogP contribution in [0.25, 0.3) is 0 Å². The van der Waals surface area contributed by atoms with Crippen molar-refractivity contribution >= 4 is 17.5 Å². The molecule has 0 aliphatic heterocycles. The third-order valence-corrected chi connectivity index (χ3v) is 2.47. The number of carbonyl (C=O) groups excluding carboxylic acids is 1. The molecule has 0 aromatic carbocycles. The maximum absolute atomic E-state index is 11.8. The van der Waals surface area contributed by atoms with Crippen LogP contribution in [0.2, 0.25) is 0 Å². The summed E-state index contributed by atoms with van der Waals surface area (Å²) in [6.45, 7) is 2.38. The van der Waals surface area contributed by atoms with Crippen LogP contribution in [0.1, 0.15) is 23.1 Å². The Balaban J connectivity index is 2.16. The predicted octanol–water partition coefficient (Wildman–Crippen LogP) is 0.581. The van der Waals surface area contributed by atoms with E-state index < -0.39 is 5.97 Å². The average molecular weight is 276 g/mol. The molecule has 0 atom stereocenters. The lowest BCUT2D eigenvalue weighted by Crippen LogP contribution is -2.12. The maximum atomic E-state index is 11.8. The fraction of sp³-hybridized carbons (Fsp3) is 0.333. The van der Waals surface area contributed by atoms with E-state index in [9.17, 15) is 4.79 Å². The second-order valence-electron chi connectivity index (χ2n) is 4.07. The highest BCUT2D eigenvalue weighted by molar-refractivity contribution is 5.95. The van der Waals surface area contributed by atoms with E-state index in [1.165, 1.54) is 12.3 Å². The number of aryl methyl sites for hydroxylation is 1. The molecule has 0 amide bonds. The molecule has 0 bridgehead atoms. The molecule has 0 saturated heterocycles.